The number of ether oxygens (including phenoxy) is 2. The molecule has 1 aromatic heterocycles. The van der Waals surface area contributed by atoms with Gasteiger partial charge in [-0.05, 0) is 29.8 Å². The molecule has 2 N–H and O–H groups in total. The Morgan fingerprint density at radius 3 is 2.80 bits per heavy atom. The average Bonchev–Trinajstić information content (AvgIpc) is 3.27. The Balaban J connectivity index is 1.69. The van der Waals surface area contributed by atoms with E-state index in [2.05, 4.69) is 15.3 Å². The Bertz CT molecular complexity index is 1080. The van der Waals surface area contributed by atoms with E-state index in [1.54, 1.807) is 42.6 Å². The third-order valence-corrected chi connectivity index (χ3v) is 5.17. The predicted octanol–water partition coefficient (Wildman–Crippen LogP) is 3.38. The summed E-state index contributed by atoms with van der Waals surface area (Å²) in [6.07, 6.45) is 2.30. The number of hydrogen-bond donors (Lipinski definition) is 2. The maximum Gasteiger partial charge on any atom is 0.339 e. The molecule has 0 unspecified atom stereocenters. The van der Waals surface area contributed by atoms with Crippen molar-refractivity contribution in [2.24, 2.45) is 0 Å². The second-order valence-electron chi connectivity index (χ2n) is 6.86. The van der Waals surface area contributed by atoms with Crippen molar-refractivity contribution in [1.29, 1.82) is 0 Å². The van der Waals surface area contributed by atoms with Gasteiger partial charge >= 0.3 is 12.0 Å². The summed E-state index contributed by atoms with van der Waals surface area (Å²) >= 11 is 0. The van der Waals surface area contributed by atoms with Crippen LogP contribution in [-0.2, 0) is 11.2 Å². The van der Waals surface area contributed by atoms with Crippen LogP contribution in [-0.4, -0.2) is 47.6 Å². The van der Waals surface area contributed by atoms with Crippen LogP contribution in [0.3, 0.4) is 0 Å². The van der Waals surface area contributed by atoms with E-state index >= 15 is 0 Å². The highest BCUT2D eigenvalue weighted by Gasteiger charge is 2.34. The highest BCUT2D eigenvalue weighted by molar-refractivity contribution is 6.01. The maximum atomic E-state index is 13.3. The number of imidazole rings is 1. The number of aromatic amines is 1. The number of fused-ring (bicyclic) bond motifs is 1. The van der Waals surface area contributed by atoms with Crippen molar-refractivity contribution >= 4 is 17.7 Å². The van der Waals surface area contributed by atoms with Crippen LogP contribution < -0.4 is 10.1 Å². The zero-order valence-corrected chi connectivity index (χ0v) is 16.7. The Labute approximate surface area is 173 Å². The number of H-pyrrole nitrogens is 1. The molecule has 8 nitrogen and oxygen atoms in total. The van der Waals surface area contributed by atoms with E-state index in [9.17, 15) is 9.59 Å². The van der Waals surface area contributed by atoms with Crippen LogP contribution in [0, 0.1) is 0 Å². The van der Waals surface area contributed by atoms with E-state index in [4.69, 9.17) is 9.47 Å². The number of methoxy groups -OCH3 is 2. The molecule has 30 heavy (non-hydrogen) atoms. The van der Waals surface area contributed by atoms with Gasteiger partial charge in [-0.15, -0.1) is 0 Å². The van der Waals surface area contributed by atoms with Crippen molar-refractivity contribution in [2.45, 2.75) is 12.5 Å². The topological polar surface area (TPSA) is 96.6 Å². The molecule has 4 rings (SSSR count). The van der Waals surface area contributed by atoms with E-state index in [0.29, 0.717) is 30.0 Å². The van der Waals surface area contributed by atoms with Gasteiger partial charge in [-0.1, -0.05) is 24.3 Å². The van der Waals surface area contributed by atoms with Crippen LogP contribution in [0.2, 0.25) is 0 Å². The van der Waals surface area contributed by atoms with Crippen molar-refractivity contribution in [3.8, 4) is 5.75 Å². The summed E-state index contributed by atoms with van der Waals surface area (Å²) in [4.78, 5) is 34.7. The molecular weight excluding hydrogens is 384 g/mol. The number of anilines is 1. The summed E-state index contributed by atoms with van der Waals surface area (Å²) in [5, 5.41) is 2.86. The minimum absolute atomic E-state index is 0.295. The van der Waals surface area contributed by atoms with Gasteiger partial charge < -0.3 is 24.7 Å². The van der Waals surface area contributed by atoms with Gasteiger partial charge in [0.15, 0.2) is 0 Å². The summed E-state index contributed by atoms with van der Waals surface area (Å²) in [6.45, 7) is 0.489. The zero-order chi connectivity index (χ0) is 21.1. The Morgan fingerprint density at radius 1 is 1.17 bits per heavy atom. The normalized spacial score (nSPS) is 15.3. The van der Waals surface area contributed by atoms with Gasteiger partial charge in [0.1, 0.15) is 11.8 Å². The first-order valence-corrected chi connectivity index (χ1v) is 9.53. The smallest absolute Gasteiger partial charge is 0.339 e. The van der Waals surface area contributed by atoms with Crippen molar-refractivity contribution < 1.29 is 19.1 Å². The average molecular weight is 406 g/mol. The summed E-state index contributed by atoms with van der Waals surface area (Å²) < 4.78 is 10.2. The van der Waals surface area contributed by atoms with Crippen molar-refractivity contribution in [3.05, 3.63) is 77.4 Å². The number of esters is 1. The lowest BCUT2D eigenvalue weighted by Gasteiger charge is -2.35. The van der Waals surface area contributed by atoms with E-state index in [-0.39, 0.29) is 12.1 Å². The fourth-order valence-corrected chi connectivity index (χ4v) is 3.71. The highest BCUT2D eigenvalue weighted by Crippen LogP contribution is 2.35. The molecule has 1 aliphatic rings. The molecule has 2 amide bonds. The van der Waals surface area contributed by atoms with Crippen LogP contribution in [0.1, 0.15) is 33.4 Å². The molecular formula is C22H22N4O4. The monoisotopic (exact) mass is 406 g/mol. The highest BCUT2D eigenvalue weighted by atomic mass is 16.5. The van der Waals surface area contributed by atoms with Crippen LogP contribution in [0.15, 0.2) is 54.9 Å². The van der Waals surface area contributed by atoms with Gasteiger partial charge in [0.25, 0.3) is 0 Å². The molecule has 154 valence electrons. The van der Waals surface area contributed by atoms with Gasteiger partial charge in [0.05, 0.1) is 37.5 Å². The quantitative estimate of drug-likeness (QED) is 0.648. The predicted molar refractivity (Wildman–Crippen MR) is 111 cm³/mol. The number of carbonyl (C=O) groups excluding carboxylic acids is 2. The third kappa shape index (κ3) is 3.59. The molecule has 2 aromatic carbocycles. The standard InChI is InChI=1S/C22H22N4O4/c1-29-15-7-5-6-14(12-15)20-19-18(23-13-24-19)10-11-26(20)22(28)25-17-9-4-3-8-16(17)21(27)30-2/h3-9,12-13,20H,10-11H2,1-2H3,(H,23,24)(H,25,28)/t20-/m0/s1. The number of amides is 2. The number of hydrogen-bond acceptors (Lipinski definition) is 5. The molecule has 0 aliphatic carbocycles. The van der Waals surface area contributed by atoms with Crippen LogP contribution >= 0.6 is 0 Å². The second kappa shape index (κ2) is 8.28. The lowest BCUT2D eigenvalue weighted by molar-refractivity contribution is 0.0602. The lowest BCUT2D eigenvalue weighted by Crippen LogP contribution is -2.43. The van der Waals surface area contributed by atoms with Gasteiger partial charge in [-0.2, -0.15) is 0 Å². The van der Waals surface area contributed by atoms with Crippen molar-refractivity contribution in [2.75, 3.05) is 26.1 Å². The summed E-state index contributed by atoms with van der Waals surface area (Å²) in [5.74, 6) is 0.190. The summed E-state index contributed by atoms with van der Waals surface area (Å²) in [7, 11) is 2.91. The van der Waals surface area contributed by atoms with E-state index in [1.807, 2.05) is 24.3 Å². The maximum absolute atomic E-state index is 13.3. The van der Waals surface area contributed by atoms with Gasteiger partial charge in [0, 0.05) is 18.7 Å². The first kappa shape index (κ1) is 19.5. The number of benzene rings is 2. The van der Waals surface area contributed by atoms with Crippen molar-refractivity contribution in [1.82, 2.24) is 14.9 Å². The molecule has 8 heteroatoms. The molecule has 0 bridgehead atoms. The fraction of sp³-hybridized carbons (Fsp3) is 0.227. The molecule has 0 spiro atoms. The SMILES string of the molecule is COC(=O)c1ccccc1NC(=O)N1CCc2[nH]cnc2[C@@H]1c1cccc(OC)c1. The van der Waals surface area contributed by atoms with E-state index < -0.39 is 5.97 Å². The molecule has 1 aliphatic heterocycles. The Morgan fingerprint density at radius 2 is 2.00 bits per heavy atom. The molecule has 0 saturated heterocycles. The van der Waals surface area contributed by atoms with E-state index in [0.717, 1.165) is 17.0 Å². The van der Waals surface area contributed by atoms with Crippen LogP contribution in [0.25, 0.3) is 0 Å². The minimum Gasteiger partial charge on any atom is -0.497 e. The van der Waals surface area contributed by atoms with E-state index in [1.165, 1.54) is 7.11 Å². The second-order valence-corrected chi connectivity index (χ2v) is 6.86. The number of para-hydroxylation sites is 1. The van der Waals surface area contributed by atoms with Gasteiger partial charge in [-0.3, -0.25) is 0 Å². The minimum atomic E-state index is -0.511. The number of nitrogens with zero attached hydrogens (tertiary/aromatic N) is 2. The zero-order valence-electron chi connectivity index (χ0n) is 16.7. The first-order chi connectivity index (χ1) is 14.6. The number of urea groups is 1. The Hall–Kier alpha value is -3.81. The van der Waals surface area contributed by atoms with Crippen LogP contribution in [0.4, 0.5) is 10.5 Å². The summed E-state index contributed by atoms with van der Waals surface area (Å²) in [5.41, 5.74) is 3.38. The van der Waals surface area contributed by atoms with Gasteiger partial charge in [0.2, 0.25) is 0 Å². The summed E-state index contributed by atoms with van der Waals surface area (Å²) in [6, 6.07) is 13.6. The Kier molecular flexibility index (Phi) is 5.38. The van der Waals surface area contributed by atoms with Crippen LogP contribution in [0.5, 0.6) is 5.75 Å². The third-order valence-electron chi connectivity index (χ3n) is 5.17. The lowest BCUT2D eigenvalue weighted by atomic mass is 9.96. The number of aromatic nitrogens is 2. The number of rotatable bonds is 4. The molecule has 0 radical (unpaired) electrons. The van der Waals surface area contributed by atoms with Gasteiger partial charge in [-0.25, -0.2) is 14.6 Å². The number of nitrogens with one attached hydrogen (secondary N) is 2. The fourth-order valence-electron chi connectivity index (χ4n) is 3.71. The molecule has 0 saturated carbocycles. The molecule has 3 aromatic rings. The molecule has 0 fully saturated rings. The largest absolute Gasteiger partial charge is 0.497 e. The molecule has 1 atom stereocenters. The first-order valence-electron chi connectivity index (χ1n) is 9.53. The molecule has 2 heterocycles. The number of carbonyl (C=O) groups is 2. The van der Waals surface area contributed by atoms with Crippen molar-refractivity contribution in [3.63, 3.8) is 0 Å².